The summed E-state index contributed by atoms with van der Waals surface area (Å²) in [5, 5.41) is 5.69. The third kappa shape index (κ3) is 3.75. The molecule has 3 rings (SSSR count). The fourth-order valence-corrected chi connectivity index (χ4v) is 2.09. The number of nitrogens with one attached hydrogen (secondary N) is 2. The number of hydrogen-bond acceptors (Lipinski definition) is 4. The second kappa shape index (κ2) is 6.76. The van der Waals surface area contributed by atoms with E-state index in [0.717, 1.165) is 12.1 Å². The Bertz CT molecular complexity index is 820. The number of hydrogen-bond donors (Lipinski definition) is 2. The van der Waals surface area contributed by atoms with Crippen LogP contribution >= 0.6 is 11.6 Å². The van der Waals surface area contributed by atoms with E-state index in [2.05, 4.69) is 20.6 Å². The Kier molecular flexibility index (Phi) is 4.52. The molecule has 0 aliphatic carbocycles. The van der Waals surface area contributed by atoms with Gasteiger partial charge < -0.3 is 10.6 Å². The second-order valence-corrected chi connectivity index (χ2v) is 5.18. The minimum atomic E-state index is -0.977. The molecule has 0 spiro atoms. The standard InChI is InChI=1S/C16H10ClF3N4/c17-11-7-9(1-3-12(11)18)22-15-5-6-21-16(24-15)23-10-2-4-13(19)14(20)8-10/h1-8H,(H2,21,22,23,24). The number of nitrogens with zero attached hydrogens (tertiary/aromatic N) is 2. The van der Waals surface area contributed by atoms with Crippen LogP contribution in [-0.4, -0.2) is 9.97 Å². The van der Waals surface area contributed by atoms with Crippen LogP contribution in [0.15, 0.2) is 48.7 Å². The van der Waals surface area contributed by atoms with Crippen molar-refractivity contribution in [3.05, 3.63) is 71.1 Å². The van der Waals surface area contributed by atoms with Crippen molar-refractivity contribution in [3.63, 3.8) is 0 Å². The van der Waals surface area contributed by atoms with Crippen LogP contribution in [0.3, 0.4) is 0 Å². The molecule has 0 amide bonds. The Morgan fingerprint density at radius 1 is 0.792 bits per heavy atom. The molecule has 1 heterocycles. The molecule has 0 unspecified atom stereocenters. The van der Waals surface area contributed by atoms with Crippen LogP contribution in [0.1, 0.15) is 0 Å². The minimum absolute atomic E-state index is 0.0193. The summed E-state index contributed by atoms with van der Waals surface area (Å²) < 4.78 is 39.3. The maximum atomic E-state index is 13.2. The highest BCUT2D eigenvalue weighted by molar-refractivity contribution is 6.31. The van der Waals surface area contributed by atoms with E-state index in [-0.39, 0.29) is 11.0 Å². The number of benzene rings is 2. The van der Waals surface area contributed by atoms with Crippen molar-refractivity contribution in [2.45, 2.75) is 0 Å². The van der Waals surface area contributed by atoms with Gasteiger partial charge in [0, 0.05) is 23.6 Å². The first-order valence-electron chi connectivity index (χ1n) is 6.78. The van der Waals surface area contributed by atoms with E-state index in [9.17, 15) is 13.2 Å². The Hall–Kier alpha value is -2.80. The summed E-state index contributed by atoms with van der Waals surface area (Å²) >= 11 is 5.72. The molecule has 122 valence electrons. The molecule has 0 saturated heterocycles. The lowest BCUT2D eigenvalue weighted by molar-refractivity contribution is 0.509. The average Bonchev–Trinajstić information content (AvgIpc) is 2.55. The minimum Gasteiger partial charge on any atom is -0.340 e. The van der Waals surface area contributed by atoms with Crippen molar-refractivity contribution in [2.24, 2.45) is 0 Å². The van der Waals surface area contributed by atoms with Crippen molar-refractivity contribution in [1.29, 1.82) is 0 Å². The molecule has 0 aliphatic rings. The van der Waals surface area contributed by atoms with Gasteiger partial charge in [-0.2, -0.15) is 4.98 Å². The summed E-state index contributed by atoms with van der Waals surface area (Å²) in [6.07, 6.45) is 1.47. The first kappa shape index (κ1) is 16.1. The Balaban J connectivity index is 1.78. The Morgan fingerprint density at radius 3 is 2.21 bits per heavy atom. The average molecular weight is 351 g/mol. The van der Waals surface area contributed by atoms with E-state index in [1.807, 2.05) is 0 Å². The van der Waals surface area contributed by atoms with Gasteiger partial charge in [0.15, 0.2) is 11.6 Å². The van der Waals surface area contributed by atoms with Crippen LogP contribution in [0.25, 0.3) is 0 Å². The fourth-order valence-electron chi connectivity index (χ4n) is 1.91. The van der Waals surface area contributed by atoms with Gasteiger partial charge in [0.25, 0.3) is 0 Å². The molecule has 0 aliphatic heterocycles. The summed E-state index contributed by atoms with van der Waals surface area (Å²) in [4.78, 5) is 8.18. The Labute approximate surface area is 140 Å². The first-order chi connectivity index (χ1) is 11.5. The predicted octanol–water partition coefficient (Wildman–Crippen LogP) is 5.03. The van der Waals surface area contributed by atoms with Crippen LogP contribution in [-0.2, 0) is 0 Å². The molecule has 0 fully saturated rings. The zero-order valence-electron chi connectivity index (χ0n) is 12.0. The third-order valence-corrected chi connectivity index (χ3v) is 3.31. The molecule has 0 radical (unpaired) electrons. The molecular weight excluding hydrogens is 341 g/mol. The highest BCUT2D eigenvalue weighted by Crippen LogP contribution is 2.23. The molecule has 0 bridgehead atoms. The largest absolute Gasteiger partial charge is 0.340 e. The van der Waals surface area contributed by atoms with Crippen LogP contribution < -0.4 is 10.6 Å². The van der Waals surface area contributed by atoms with Crippen molar-refractivity contribution < 1.29 is 13.2 Å². The lowest BCUT2D eigenvalue weighted by Crippen LogP contribution is -2.01. The molecule has 1 aromatic heterocycles. The molecule has 2 N–H and O–H groups in total. The van der Waals surface area contributed by atoms with Crippen molar-refractivity contribution in [3.8, 4) is 0 Å². The molecule has 0 atom stereocenters. The summed E-state index contributed by atoms with van der Waals surface area (Å²) in [7, 11) is 0. The van der Waals surface area contributed by atoms with E-state index in [1.54, 1.807) is 6.07 Å². The lowest BCUT2D eigenvalue weighted by Gasteiger charge is -2.09. The molecule has 8 heteroatoms. The summed E-state index contributed by atoms with van der Waals surface area (Å²) in [5.41, 5.74) is 0.842. The Morgan fingerprint density at radius 2 is 1.50 bits per heavy atom. The third-order valence-electron chi connectivity index (χ3n) is 3.02. The van der Waals surface area contributed by atoms with Gasteiger partial charge >= 0.3 is 0 Å². The highest BCUT2D eigenvalue weighted by atomic mass is 35.5. The molecule has 24 heavy (non-hydrogen) atoms. The molecule has 2 aromatic carbocycles. The van der Waals surface area contributed by atoms with Gasteiger partial charge in [-0.3, -0.25) is 0 Å². The van der Waals surface area contributed by atoms with Gasteiger partial charge in [-0.05, 0) is 36.4 Å². The van der Waals surface area contributed by atoms with Crippen LogP contribution in [0.5, 0.6) is 0 Å². The fraction of sp³-hybridized carbons (Fsp3) is 0. The maximum Gasteiger partial charge on any atom is 0.229 e. The number of aromatic nitrogens is 2. The van der Waals surface area contributed by atoms with E-state index in [4.69, 9.17) is 11.6 Å². The van der Waals surface area contributed by atoms with Crippen molar-refractivity contribution in [1.82, 2.24) is 9.97 Å². The molecule has 0 saturated carbocycles. The van der Waals surface area contributed by atoms with E-state index in [0.29, 0.717) is 17.2 Å². The summed E-state index contributed by atoms with van der Waals surface area (Å²) in [6.45, 7) is 0. The number of anilines is 4. The predicted molar refractivity (Wildman–Crippen MR) is 86.4 cm³/mol. The maximum absolute atomic E-state index is 13.2. The van der Waals surface area contributed by atoms with E-state index < -0.39 is 17.5 Å². The molecule has 3 aromatic rings. The first-order valence-corrected chi connectivity index (χ1v) is 7.16. The molecular formula is C16H10ClF3N4. The van der Waals surface area contributed by atoms with Crippen LogP contribution in [0.2, 0.25) is 5.02 Å². The van der Waals surface area contributed by atoms with Crippen LogP contribution in [0, 0.1) is 17.5 Å². The van der Waals surface area contributed by atoms with Crippen molar-refractivity contribution in [2.75, 3.05) is 10.6 Å². The lowest BCUT2D eigenvalue weighted by atomic mass is 10.3. The normalized spacial score (nSPS) is 10.5. The van der Waals surface area contributed by atoms with E-state index in [1.165, 1.54) is 30.5 Å². The number of rotatable bonds is 4. The second-order valence-electron chi connectivity index (χ2n) is 4.77. The smallest absolute Gasteiger partial charge is 0.229 e. The zero-order valence-corrected chi connectivity index (χ0v) is 12.8. The van der Waals surface area contributed by atoms with Crippen LogP contribution in [0.4, 0.5) is 36.3 Å². The van der Waals surface area contributed by atoms with E-state index >= 15 is 0 Å². The van der Waals surface area contributed by atoms with Gasteiger partial charge in [-0.25, -0.2) is 18.2 Å². The van der Waals surface area contributed by atoms with Gasteiger partial charge in [0.2, 0.25) is 5.95 Å². The number of halogens is 4. The zero-order chi connectivity index (χ0) is 17.1. The van der Waals surface area contributed by atoms with Gasteiger partial charge in [-0.1, -0.05) is 11.6 Å². The van der Waals surface area contributed by atoms with Gasteiger partial charge in [0.1, 0.15) is 11.6 Å². The topological polar surface area (TPSA) is 49.8 Å². The van der Waals surface area contributed by atoms with Crippen molar-refractivity contribution >= 4 is 34.7 Å². The monoisotopic (exact) mass is 350 g/mol. The molecule has 4 nitrogen and oxygen atoms in total. The summed E-state index contributed by atoms with van der Waals surface area (Å²) in [5.74, 6) is -1.84. The quantitative estimate of drug-likeness (QED) is 0.692. The van der Waals surface area contributed by atoms with Gasteiger partial charge in [-0.15, -0.1) is 0 Å². The van der Waals surface area contributed by atoms with Gasteiger partial charge in [0.05, 0.1) is 5.02 Å². The summed E-state index contributed by atoms with van der Waals surface area (Å²) in [6, 6.07) is 9.10. The highest BCUT2D eigenvalue weighted by Gasteiger charge is 2.06. The SMILES string of the molecule is Fc1ccc(Nc2nccc(Nc3ccc(F)c(Cl)c3)n2)cc1F.